The fourth-order valence-corrected chi connectivity index (χ4v) is 8.72. The lowest BCUT2D eigenvalue weighted by atomic mass is 9.72. The zero-order valence-corrected chi connectivity index (χ0v) is 27.6. The molecule has 2 saturated heterocycles. The minimum atomic E-state index is -1.78. The highest BCUT2D eigenvalue weighted by Gasteiger charge is 2.67. The highest BCUT2D eigenvalue weighted by Crippen LogP contribution is 2.66. The van der Waals surface area contributed by atoms with Crippen LogP contribution in [0.4, 0.5) is 0 Å². The first-order valence-corrected chi connectivity index (χ1v) is 17.0. The quantitative estimate of drug-likeness (QED) is 0.168. The molecule has 0 radical (unpaired) electrons. The van der Waals surface area contributed by atoms with Gasteiger partial charge < -0.3 is 18.5 Å². The van der Waals surface area contributed by atoms with Crippen LogP contribution in [-0.2, 0) is 29.7 Å². The molecule has 7 rings (SSSR count). The van der Waals surface area contributed by atoms with E-state index in [9.17, 15) is 0 Å². The second kappa shape index (κ2) is 12.5. The van der Waals surface area contributed by atoms with Crippen LogP contribution in [0, 0.1) is 0 Å². The number of nitrogens with zero attached hydrogens (tertiary/aromatic N) is 1. The molecule has 5 aromatic rings. The molecule has 5 aromatic carbocycles. The van der Waals surface area contributed by atoms with Gasteiger partial charge in [-0.3, -0.25) is 0 Å². The van der Waals surface area contributed by atoms with Gasteiger partial charge in [0, 0.05) is 6.04 Å². The van der Waals surface area contributed by atoms with Gasteiger partial charge in [0.2, 0.25) is 0 Å². The van der Waals surface area contributed by atoms with Crippen LogP contribution in [0.1, 0.15) is 54.6 Å². The van der Waals surface area contributed by atoms with Crippen LogP contribution in [0.5, 0.6) is 0 Å². The van der Waals surface area contributed by atoms with Crippen molar-refractivity contribution in [2.45, 2.75) is 56.0 Å². The monoisotopic (exact) mass is 629 g/mol. The maximum Gasteiger partial charge on any atom is 0.261 e. The Labute approximate surface area is 273 Å². The summed E-state index contributed by atoms with van der Waals surface area (Å²) < 4.78 is 31.7. The average molecular weight is 630 g/mol. The first kappa shape index (κ1) is 31.0. The first-order valence-electron chi connectivity index (χ1n) is 15.9. The Morgan fingerprint density at radius 2 is 0.826 bits per heavy atom. The van der Waals surface area contributed by atoms with Gasteiger partial charge in [0.1, 0.15) is 12.2 Å². The predicted octanol–water partition coefficient (Wildman–Crippen LogP) is 9.36. The first-order chi connectivity index (χ1) is 22.3. The standard InChI is InChI=1S/C40H40NO4P/c1-30(31-20-10-5-11-21-31)41(4)46-44-39(32-22-12-6-13-23-32,33-24-14-7-15-25-33)36-37(43-38(2,3)42-36)40(45-46,34-26-16-8-17-27-34)35-28-18-9-19-29-35/h5-30,36-37H,1-4H3/t30-,36+,37+/m0/s1. The molecule has 2 fully saturated rings. The van der Waals surface area contributed by atoms with Gasteiger partial charge in [0.15, 0.2) is 17.0 Å². The third-order valence-electron chi connectivity index (χ3n) is 9.25. The van der Waals surface area contributed by atoms with Gasteiger partial charge in [-0.05, 0) is 55.6 Å². The Balaban J connectivity index is 1.55. The molecule has 0 N–H and O–H groups in total. The number of rotatable bonds is 7. The normalized spacial score (nSPS) is 22.5. The Hall–Kier alpha value is -3.67. The van der Waals surface area contributed by atoms with Crippen LogP contribution >= 0.6 is 8.53 Å². The molecule has 2 aliphatic heterocycles. The summed E-state index contributed by atoms with van der Waals surface area (Å²) in [5.74, 6) is -0.922. The minimum Gasteiger partial charge on any atom is -0.341 e. The molecule has 6 heteroatoms. The van der Waals surface area contributed by atoms with E-state index in [0.29, 0.717) is 0 Å². The van der Waals surface area contributed by atoms with Crippen LogP contribution in [0.2, 0.25) is 0 Å². The summed E-state index contributed by atoms with van der Waals surface area (Å²) in [6.07, 6.45) is -1.19. The third-order valence-corrected chi connectivity index (χ3v) is 11.0. The molecule has 0 spiro atoms. The molecule has 234 valence electrons. The van der Waals surface area contributed by atoms with Crippen LogP contribution in [0.25, 0.3) is 0 Å². The van der Waals surface area contributed by atoms with E-state index in [0.717, 1.165) is 22.3 Å². The molecule has 5 nitrogen and oxygen atoms in total. The van der Waals surface area contributed by atoms with Crippen molar-refractivity contribution in [2.24, 2.45) is 0 Å². The van der Waals surface area contributed by atoms with Gasteiger partial charge in [-0.25, -0.2) is 4.67 Å². The van der Waals surface area contributed by atoms with E-state index in [2.05, 4.69) is 140 Å². The molecule has 2 aliphatic rings. The molecular weight excluding hydrogens is 589 g/mol. The van der Waals surface area contributed by atoms with Gasteiger partial charge in [0.25, 0.3) is 8.53 Å². The van der Waals surface area contributed by atoms with Gasteiger partial charge in [-0.1, -0.05) is 152 Å². The summed E-state index contributed by atoms with van der Waals surface area (Å²) in [5, 5.41) is 0. The van der Waals surface area contributed by atoms with Crippen molar-refractivity contribution in [3.63, 3.8) is 0 Å². The fourth-order valence-electron chi connectivity index (χ4n) is 6.89. The summed E-state index contributed by atoms with van der Waals surface area (Å²) in [4.78, 5) is 0. The van der Waals surface area contributed by atoms with Crippen molar-refractivity contribution in [1.29, 1.82) is 0 Å². The van der Waals surface area contributed by atoms with E-state index in [1.165, 1.54) is 5.56 Å². The van der Waals surface area contributed by atoms with E-state index in [-0.39, 0.29) is 6.04 Å². The van der Waals surface area contributed by atoms with E-state index < -0.39 is 37.7 Å². The molecule has 0 saturated carbocycles. The highest BCUT2D eigenvalue weighted by atomic mass is 31.2. The van der Waals surface area contributed by atoms with E-state index in [1.54, 1.807) is 0 Å². The van der Waals surface area contributed by atoms with E-state index >= 15 is 0 Å². The van der Waals surface area contributed by atoms with Crippen molar-refractivity contribution in [1.82, 2.24) is 4.67 Å². The molecule has 0 amide bonds. The molecule has 0 unspecified atom stereocenters. The Kier molecular flexibility index (Phi) is 8.41. The SMILES string of the molecule is C[C@@H](c1ccccc1)N(C)P1OC(c2ccccc2)(c2ccccc2)[C@@H]2OC(C)(C)O[C@H]2C(c2ccccc2)(c2ccccc2)O1. The summed E-state index contributed by atoms with van der Waals surface area (Å²) >= 11 is 0. The van der Waals surface area contributed by atoms with Crippen molar-refractivity contribution in [2.75, 3.05) is 7.05 Å². The summed E-state index contributed by atoms with van der Waals surface area (Å²) in [7, 11) is 0.319. The maximum absolute atomic E-state index is 7.64. The zero-order chi connectivity index (χ0) is 31.8. The Morgan fingerprint density at radius 3 is 1.15 bits per heavy atom. The fraction of sp³-hybridized carbons (Fsp3) is 0.250. The maximum atomic E-state index is 7.64. The molecule has 0 aromatic heterocycles. The van der Waals surface area contributed by atoms with Crippen molar-refractivity contribution in [3.8, 4) is 0 Å². The van der Waals surface area contributed by atoms with Crippen LogP contribution < -0.4 is 0 Å². The second-order valence-corrected chi connectivity index (χ2v) is 14.0. The van der Waals surface area contributed by atoms with Gasteiger partial charge in [-0.2, -0.15) is 0 Å². The molecule has 0 aliphatic carbocycles. The number of fused-ring (bicyclic) bond motifs is 1. The molecule has 3 atom stereocenters. The zero-order valence-electron chi connectivity index (χ0n) is 26.7. The molecule has 46 heavy (non-hydrogen) atoms. The smallest absolute Gasteiger partial charge is 0.261 e. The van der Waals surface area contributed by atoms with E-state index in [1.807, 2.05) is 44.2 Å². The van der Waals surface area contributed by atoms with E-state index in [4.69, 9.17) is 18.5 Å². The summed E-state index contributed by atoms with van der Waals surface area (Å²) in [6, 6.07) is 52.2. The Bertz CT molecular complexity index is 1540. The average Bonchev–Trinajstić information content (AvgIpc) is 3.39. The van der Waals surface area contributed by atoms with Crippen LogP contribution in [-0.4, -0.2) is 29.7 Å². The predicted molar refractivity (Wildman–Crippen MR) is 183 cm³/mol. The number of ether oxygens (including phenoxy) is 2. The second-order valence-electron chi connectivity index (χ2n) is 12.5. The number of hydrogen-bond donors (Lipinski definition) is 0. The van der Waals surface area contributed by atoms with Crippen molar-refractivity contribution in [3.05, 3.63) is 179 Å². The Morgan fingerprint density at radius 1 is 0.522 bits per heavy atom. The van der Waals surface area contributed by atoms with Crippen LogP contribution in [0.3, 0.4) is 0 Å². The van der Waals surface area contributed by atoms with Crippen molar-refractivity contribution < 1.29 is 18.5 Å². The van der Waals surface area contributed by atoms with Gasteiger partial charge in [0.05, 0.1) is 0 Å². The van der Waals surface area contributed by atoms with Gasteiger partial charge in [-0.15, -0.1) is 0 Å². The molecule has 2 heterocycles. The highest BCUT2D eigenvalue weighted by molar-refractivity contribution is 7.44. The van der Waals surface area contributed by atoms with Gasteiger partial charge >= 0.3 is 0 Å². The lowest BCUT2D eigenvalue weighted by Crippen LogP contribution is -2.53. The number of benzene rings is 5. The largest absolute Gasteiger partial charge is 0.341 e. The lowest BCUT2D eigenvalue weighted by molar-refractivity contribution is -0.175. The summed E-state index contributed by atoms with van der Waals surface area (Å²) in [5.41, 5.74) is 2.92. The van der Waals surface area contributed by atoms with Crippen LogP contribution in [0.15, 0.2) is 152 Å². The summed E-state index contributed by atoms with van der Waals surface area (Å²) in [6.45, 7) is 6.16. The lowest BCUT2D eigenvalue weighted by Gasteiger charge is -2.42. The topological polar surface area (TPSA) is 40.2 Å². The third kappa shape index (κ3) is 5.32. The molecular formula is C40H40NO4P. The van der Waals surface area contributed by atoms with Crippen molar-refractivity contribution >= 4 is 8.53 Å². The minimum absolute atomic E-state index is 0.0166. The number of hydrogen-bond acceptors (Lipinski definition) is 5. The molecule has 0 bridgehead atoms.